The molecule has 0 aromatic heterocycles. The van der Waals surface area contributed by atoms with Crippen LogP contribution in [0.2, 0.25) is 0 Å². The van der Waals surface area contributed by atoms with E-state index in [1.165, 1.54) is 11.8 Å². The maximum atomic E-state index is 11.2. The van der Waals surface area contributed by atoms with Crippen molar-refractivity contribution in [2.24, 2.45) is 0 Å². The molecule has 0 aromatic rings. The predicted octanol–water partition coefficient (Wildman–Crippen LogP) is 1.72. The highest BCUT2D eigenvalue weighted by molar-refractivity contribution is 7.99. The molecule has 0 aliphatic carbocycles. The van der Waals surface area contributed by atoms with Gasteiger partial charge < -0.3 is 15.2 Å². The van der Waals surface area contributed by atoms with Crippen molar-refractivity contribution in [3.63, 3.8) is 0 Å². The molecule has 0 rings (SSSR count). The summed E-state index contributed by atoms with van der Waals surface area (Å²) in [6.45, 7) is 5.88. The lowest BCUT2D eigenvalue weighted by molar-refractivity contribution is -0.136. The lowest BCUT2D eigenvalue weighted by atomic mass is 10.2. The van der Waals surface area contributed by atoms with Crippen LogP contribution >= 0.6 is 11.8 Å². The first-order valence-electron chi connectivity index (χ1n) is 5.07. The maximum absolute atomic E-state index is 11.2. The summed E-state index contributed by atoms with van der Waals surface area (Å²) in [6.07, 6.45) is -0.289. The van der Waals surface area contributed by atoms with Crippen molar-refractivity contribution in [1.82, 2.24) is 5.32 Å². The largest absolute Gasteiger partial charge is 0.481 e. The van der Waals surface area contributed by atoms with Gasteiger partial charge in [-0.2, -0.15) is 11.8 Å². The fraction of sp³-hybridized carbons (Fsp3) is 0.800. The van der Waals surface area contributed by atoms with E-state index in [1.807, 2.05) is 0 Å². The van der Waals surface area contributed by atoms with E-state index in [4.69, 9.17) is 9.84 Å². The fourth-order valence-corrected chi connectivity index (χ4v) is 1.57. The third-order valence-corrected chi connectivity index (χ3v) is 2.36. The normalized spacial score (nSPS) is 10.9. The lowest BCUT2D eigenvalue weighted by Gasteiger charge is -2.19. The van der Waals surface area contributed by atoms with E-state index >= 15 is 0 Å². The quantitative estimate of drug-likeness (QED) is 0.701. The van der Waals surface area contributed by atoms with Gasteiger partial charge in [0.05, 0.1) is 6.42 Å². The Bertz CT molecular complexity index is 237. The topological polar surface area (TPSA) is 75.6 Å². The second-order valence-electron chi connectivity index (χ2n) is 4.18. The van der Waals surface area contributed by atoms with E-state index in [0.717, 1.165) is 0 Å². The Balaban J connectivity index is 3.38. The Morgan fingerprint density at radius 3 is 2.44 bits per heavy atom. The molecule has 0 bridgehead atoms. The summed E-state index contributed by atoms with van der Waals surface area (Å²) in [7, 11) is 0. The van der Waals surface area contributed by atoms with Crippen molar-refractivity contribution in [3.05, 3.63) is 0 Å². The molecule has 0 unspecified atom stereocenters. The van der Waals surface area contributed by atoms with Gasteiger partial charge in [0.1, 0.15) is 5.60 Å². The van der Waals surface area contributed by atoms with Gasteiger partial charge in [-0.15, -0.1) is 0 Å². The number of rotatable bonds is 6. The summed E-state index contributed by atoms with van der Waals surface area (Å²) in [4.78, 5) is 21.4. The van der Waals surface area contributed by atoms with E-state index in [9.17, 15) is 9.59 Å². The first-order valence-corrected chi connectivity index (χ1v) is 6.23. The van der Waals surface area contributed by atoms with Crippen molar-refractivity contribution in [1.29, 1.82) is 0 Å². The van der Waals surface area contributed by atoms with Crippen molar-refractivity contribution < 1.29 is 19.4 Å². The summed E-state index contributed by atoms with van der Waals surface area (Å²) >= 11 is 1.49. The van der Waals surface area contributed by atoms with Crippen LogP contribution in [0.4, 0.5) is 4.79 Å². The lowest BCUT2D eigenvalue weighted by Crippen LogP contribution is -2.33. The predicted molar refractivity (Wildman–Crippen MR) is 63.8 cm³/mol. The molecule has 1 amide bonds. The van der Waals surface area contributed by atoms with Gasteiger partial charge in [0.15, 0.2) is 0 Å². The highest BCUT2D eigenvalue weighted by atomic mass is 32.2. The monoisotopic (exact) mass is 249 g/mol. The standard InChI is InChI=1S/C10H19NO4S/c1-10(2,3)15-9(14)11-5-7-16-6-4-8(12)13/h4-7H2,1-3H3,(H,11,14)(H,12,13). The van der Waals surface area contributed by atoms with Crippen LogP contribution in [0.5, 0.6) is 0 Å². The van der Waals surface area contributed by atoms with Crippen LogP contribution in [-0.2, 0) is 9.53 Å². The Labute approximate surface area is 99.9 Å². The third-order valence-electron chi connectivity index (χ3n) is 1.37. The molecule has 2 N–H and O–H groups in total. The summed E-state index contributed by atoms with van der Waals surface area (Å²) in [5.74, 6) is 0.449. The van der Waals surface area contributed by atoms with Gasteiger partial charge in [0, 0.05) is 18.1 Å². The van der Waals surface area contributed by atoms with Crippen LogP contribution in [0.1, 0.15) is 27.2 Å². The average Bonchev–Trinajstić information content (AvgIpc) is 2.07. The van der Waals surface area contributed by atoms with E-state index in [2.05, 4.69) is 5.32 Å². The number of alkyl carbamates (subject to hydrolysis) is 1. The smallest absolute Gasteiger partial charge is 0.407 e. The minimum absolute atomic E-state index is 0.150. The zero-order valence-electron chi connectivity index (χ0n) is 9.91. The van der Waals surface area contributed by atoms with Gasteiger partial charge in [0.2, 0.25) is 0 Å². The number of carboxylic acids is 1. The van der Waals surface area contributed by atoms with Crippen molar-refractivity contribution >= 4 is 23.8 Å². The van der Waals surface area contributed by atoms with Crippen molar-refractivity contribution in [3.8, 4) is 0 Å². The zero-order valence-corrected chi connectivity index (χ0v) is 10.7. The van der Waals surface area contributed by atoms with E-state index in [0.29, 0.717) is 18.1 Å². The molecule has 0 aliphatic rings. The minimum atomic E-state index is -0.799. The number of hydrogen-bond donors (Lipinski definition) is 2. The molecule has 0 spiro atoms. The summed E-state index contributed by atoms with van der Waals surface area (Å²) in [5, 5.41) is 11.0. The molecule has 0 saturated heterocycles. The molecule has 16 heavy (non-hydrogen) atoms. The summed E-state index contributed by atoms with van der Waals surface area (Å²) in [5.41, 5.74) is -0.486. The molecule has 0 atom stereocenters. The molecule has 5 nitrogen and oxygen atoms in total. The van der Waals surface area contributed by atoms with Gasteiger partial charge in [0.25, 0.3) is 0 Å². The number of nitrogens with one attached hydrogen (secondary N) is 1. The van der Waals surface area contributed by atoms with E-state index in [1.54, 1.807) is 20.8 Å². The number of ether oxygens (including phenoxy) is 1. The van der Waals surface area contributed by atoms with Crippen molar-refractivity contribution in [2.45, 2.75) is 32.8 Å². The molecule has 0 saturated carbocycles. The van der Waals surface area contributed by atoms with Crippen LogP contribution in [0.15, 0.2) is 0 Å². The second kappa shape index (κ2) is 7.38. The third kappa shape index (κ3) is 11.2. The number of carbonyl (C=O) groups excluding carboxylic acids is 1. The minimum Gasteiger partial charge on any atom is -0.481 e. The molecule has 6 heteroatoms. The molecule has 0 aromatic carbocycles. The number of aliphatic carboxylic acids is 1. The zero-order chi connectivity index (χ0) is 12.6. The number of amides is 1. The fourth-order valence-electron chi connectivity index (χ4n) is 0.801. The molecular formula is C10H19NO4S. The first-order chi connectivity index (χ1) is 7.31. The SMILES string of the molecule is CC(C)(C)OC(=O)NCCSCCC(=O)O. The number of thioether (sulfide) groups is 1. The summed E-state index contributed by atoms with van der Waals surface area (Å²) < 4.78 is 5.03. The molecule has 0 heterocycles. The summed E-state index contributed by atoms with van der Waals surface area (Å²) in [6, 6.07) is 0. The van der Waals surface area contributed by atoms with Crippen LogP contribution in [0.25, 0.3) is 0 Å². The molecule has 0 fully saturated rings. The van der Waals surface area contributed by atoms with Gasteiger partial charge in [-0.3, -0.25) is 4.79 Å². The highest BCUT2D eigenvalue weighted by Crippen LogP contribution is 2.06. The Morgan fingerprint density at radius 1 is 1.31 bits per heavy atom. The Morgan fingerprint density at radius 2 is 1.94 bits per heavy atom. The van der Waals surface area contributed by atoms with Crippen LogP contribution in [-0.4, -0.2) is 40.8 Å². The number of carbonyl (C=O) groups is 2. The van der Waals surface area contributed by atoms with E-state index in [-0.39, 0.29) is 6.42 Å². The average molecular weight is 249 g/mol. The molecule has 94 valence electrons. The van der Waals surface area contributed by atoms with Gasteiger partial charge in [-0.05, 0) is 20.8 Å². The Hall–Kier alpha value is -0.910. The number of hydrogen-bond acceptors (Lipinski definition) is 4. The molecule has 0 radical (unpaired) electrons. The van der Waals surface area contributed by atoms with Crippen LogP contribution < -0.4 is 5.32 Å². The molecular weight excluding hydrogens is 230 g/mol. The highest BCUT2D eigenvalue weighted by Gasteiger charge is 2.15. The van der Waals surface area contributed by atoms with Gasteiger partial charge >= 0.3 is 12.1 Å². The van der Waals surface area contributed by atoms with Gasteiger partial charge in [-0.25, -0.2) is 4.79 Å². The van der Waals surface area contributed by atoms with Crippen LogP contribution in [0, 0.1) is 0 Å². The second-order valence-corrected chi connectivity index (χ2v) is 5.41. The van der Waals surface area contributed by atoms with E-state index < -0.39 is 17.7 Å². The Kier molecular flexibility index (Phi) is 6.96. The van der Waals surface area contributed by atoms with Crippen molar-refractivity contribution in [2.75, 3.05) is 18.1 Å². The van der Waals surface area contributed by atoms with Crippen LogP contribution in [0.3, 0.4) is 0 Å². The first kappa shape index (κ1) is 15.1. The number of carboxylic acid groups (broad SMARTS) is 1. The van der Waals surface area contributed by atoms with Gasteiger partial charge in [-0.1, -0.05) is 0 Å². The molecule has 0 aliphatic heterocycles. The maximum Gasteiger partial charge on any atom is 0.407 e.